The monoisotopic (exact) mass is 348 g/mol. The van der Waals surface area contributed by atoms with Crippen LogP contribution in [0.15, 0.2) is 36.7 Å². The summed E-state index contributed by atoms with van der Waals surface area (Å²) in [6.07, 6.45) is 3.97. The minimum atomic E-state index is 0.251. The van der Waals surface area contributed by atoms with Gasteiger partial charge in [-0.05, 0) is 24.6 Å². The average molecular weight is 349 g/mol. The number of nitrogens with zero attached hydrogens (tertiary/aromatic N) is 3. The lowest BCUT2D eigenvalue weighted by molar-refractivity contribution is 0.0157. The van der Waals surface area contributed by atoms with Gasteiger partial charge in [0, 0.05) is 55.5 Å². The van der Waals surface area contributed by atoms with E-state index in [1.165, 1.54) is 11.1 Å². The summed E-state index contributed by atoms with van der Waals surface area (Å²) in [6.45, 7) is 6.49. The molecule has 1 saturated heterocycles. The minimum Gasteiger partial charge on any atom is -0.379 e. The topological polar surface area (TPSA) is 42.3 Å². The highest BCUT2D eigenvalue weighted by Gasteiger charge is 2.23. The quantitative estimate of drug-likeness (QED) is 0.871. The van der Waals surface area contributed by atoms with E-state index in [4.69, 9.17) is 16.3 Å². The van der Waals surface area contributed by atoms with Crippen LogP contribution in [0.5, 0.6) is 0 Å². The molecule has 130 valence electrons. The molecule has 5 nitrogen and oxygen atoms in total. The number of benzene rings is 1. The number of hydrogen-bond acceptors (Lipinski definition) is 4. The molecule has 0 spiro atoms. The Bertz CT molecular complexity index is 654. The molecular formula is C18H25ClN4O. The smallest absolute Gasteiger partial charge is 0.0594 e. The van der Waals surface area contributed by atoms with Crippen LogP contribution < -0.4 is 5.32 Å². The van der Waals surface area contributed by atoms with E-state index >= 15 is 0 Å². The maximum atomic E-state index is 6.21. The second-order valence-corrected chi connectivity index (χ2v) is 6.73. The van der Waals surface area contributed by atoms with Crippen molar-refractivity contribution in [1.29, 1.82) is 0 Å². The maximum absolute atomic E-state index is 6.21. The Balaban J connectivity index is 1.72. The molecule has 0 bridgehead atoms. The van der Waals surface area contributed by atoms with Gasteiger partial charge in [0.25, 0.3) is 0 Å². The van der Waals surface area contributed by atoms with Crippen molar-refractivity contribution in [1.82, 2.24) is 20.0 Å². The first-order valence-corrected chi connectivity index (χ1v) is 8.80. The Hall–Kier alpha value is -1.40. The van der Waals surface area contributed by atoms with Crippen molar-refractivity contribution in [2.75, 3.05) is 32.8 Å². The van der Waals surface area contributed by atoms with Gasteiger partial charge >= 0.3 is 0 Å². The molecular weight excluding hydrogens is 324 g/mol. The first kappa shape index (κ1) is 17.4. The van der Waals surface area contributed by atoms with Gasteiger partial charge in [-0.1, -0.05) is 23.7 Å². The number of halogens is 1. The van der Waals surface area contributed by atoms with Gasteiger partial charge in [-0.15, -0.1) is 0 Å². The first-order chi connectivity index (χ1) is 11.6. The van der Waals surface area contributed by atoms with Gasteiger partial charge in [0.05, 0.1) is 19.4 Å². The molecule has 2 aromatic rings. The van der Waals surface area contributed by atoms with E-state index in [2.05, 4.69) is 40.6 Å². The third kappa shape index (κ3) is 4.36. The van der Waals surface area contributed by atoms with E-state index in [9.17, 15) is 0 Å². The lowest BCUT2D eigenvalue weighted by atomic mass is 10.0. The summed E-state index contributed by atoms with van der Waals surface area (Å²) in [4.78, 5) is 2.47. The number of hydrogen-bond donors (Lipinski definition) is 1. The number of nitrogens with one attached hydrogen (secondary N) is 1. The lowest BCUT2D eigenvalue weighted by Crippen LogP contribution is -2.43. The summed E-state index contributed by atoms with van der Waals surface area (Å²) >= 11 is 6.21. The molecule has 0 saturated carbocycles. The molecule has 0 radical (unpaired) electrons. The molecule has 1 aromatic heterocycles. The predicted octanol–water partition coefficient (Wildman–Crippen LogP) is 2.80. The fourth-order valence-corrected chi connectivity index (χ4v) is 3.33. The Morgan fingerprint density at radius 3 is 2.75 bits per heavy atom. The SMILES string of the molecule is C[C@H](NC[C@H](c1cccc(Cl)c1)N1CCOCC1)c1cnn(C)c1. The van der Waals surface area contributed by atoms with Crippen molar-refractivity contribution in [2.45, 2.75) is 19.0 Å². The molecule has 1 fully saturated rings. The van der Waals surface area contributed by atoms with Crippen LogP contribution >= 0.6 is 11.6 Å². The van der Waals surface area contributed by atoms with Crippen LogP contribution in [0.1, 0.15) is 30.1 Å². The molecule has 6 heteroatoms. The standard InChI is InChI=1S/C18H25ClN4O/c1-14(16-11-21-22(2)13-16)20-12-18(23-6-8-24-9-7-23)15-4-3-5-17(19)10-15/h3-5,10-11,13-14,18,20H,6-9,12H2,1-2H3/t14-,18+/m0/s1. The molecule has 24 heavy (non-hydrogen) atoms. The summed E-state index contributed by atoms with van der Waals surface area (Å²) < 4.78 is 7.35. The zero-order chi connectivity index (χ0) is 16.9. The summed E-state index contributed by atoms with van der Waals surface area (Å²) in [5.74, 6) is 0. The van der Waals surface area contributed by atoms with Gasteiger partial charge < -0.3 is 10.1 Å². The summed E-state index contributed by atoms with van der Waals surface area (Å²) in [5.41, 5.74) is 2.44. The third-order valence-electron chi connectivity index (χ3n) is 4.56. The minimum absolute atomic E-state index is 0.251. The van der Waals surface area contributed by atoms with Crippen molar-refractivity contribution < 1.29 is 4.74 Å². The summed E-state index contributed by atoms with van der Waals surface area (Å²) in [6, 6.07) is 8.71. The molecule has 1 N–H and O–H groups in total. The fraction of sp³-hybridized carbons (Fsp3) is 0.500. The second-order valence-electron chi connectivity index (χ2n) is 6.30. The molecule has 0 aliphatic carbocycles. The van der Waals surface area contributed by atoms with Crippen LogP contribution in [0.4, 0.5) is 0 Å². The van der Waals surface area contributed by atoms with Crippen LogP contribution in [0, 0.1) is 0 Å². The van der Waals surface area contributed by atoms with E-state index in [-0.39, 0.29) is 12.1 Å². The number of aromatic nitrogens is 2. The van der Waals surface area contributed by atoms with Gasteiger partial charge in [0.15, 0.2) is 0 Å². The molecule has 1 aliphatic rings. The second kappa shape index (κ2) is 8.12. The van der Waals surface area contributed by atoms with Gasteiger partial charge in [-0.2, -0.15) is 5.10 Å². The fourth-order valence-electron chi connectivity index (χ4n) is 3.13. The highest BCUT2D eigenvalue weighted by molar-refractivity contribution is 6.30. The van der Waals surface area contributed by atoms with Gasteiger partial charge in [-0.25, -0.2) is 0 Å². The van der Waals surface area contributed by atoms with Crippen molar-refractivity contribution in [3.8, 4) is 0 Å². The Labute approximate surface area is 148 Å². The molecule has 2 heterocycles. The zero-order valence-electron chi connectivity index (χ0n) is 14.3. The highest BCUT2D eigenvalue weighted by atomic mass is 35.5. The van der Waals surface area contributed by atoms with Crippen molar-refractivity contribution in [3.05, 3.63) is 52.8 Å². The van der Waals surface area contributed by atoms with E-state index in [0.717, 1.165) is 37.9 Å². The molecule has 3 rings (SSSR count). The molecule has 0 unspecified atom stereocenters. The van der Waals surface area contributed by atoms with Crippen LogP contribution in [0.2, 0.25) is 5.02 Å². The van der Waals surface area contributed by atoms with Crippen molar-refractivity contribution in [2.24, 2.45) is 7.05 Å². The maximum Gasteiger partial charge on any atom is 0.0594 e. The zero-order valence-corrected chi connectivity index (χ0v) is 15.0. The first-order valence-electron chi connectivity index (χ1n) is 8.42. The van der Waals surface area contributed by atoms with Crippen molar-refractivity contribution >= 4 is 11.6 Å². The predicted molar refractivity (Wildman–Crippen MR) is 96.2 cm³/mol. The van der Waals surface area contributed by atoms with Crippen LogP contribution in [-0.2, 0) is 11.8 Å². The highest BCUT2D eigenvalue weighted by Crippen LogP contribution is 2.25. The summed E-state index contributed by atoms with van der Waals surface area (Å²) in [7, 11) is 1.94. The Kier molecular flexibility index (Phi) is 5.89. The summed E-state index contributed by atoms with van der Waals surface area (Å²) in [5, 5.41) is 8.69. The van der Waals surface area contributed by atoms with Gasteiger partial charge in [0.1, 0.15) is 0 Å². The van der Waals surface area contributed by atoms with Crippen LogP contribution in [0.25, 0.3) is 0 Å². The van der Waals surface area contributed by atoms with E-state index in [0.29, 0.717) is 0 Å². The lowest BCUT2D eigenvalue weighted by Gasteiger charge is -2.35. The van der Waals surface area contributed by atoms with Crippen LogP contribution in [0.3, 0.4) is 0 Å². The molecule has 2 atom stereocenters. The number of aryl methyl sites for hydroxylation is 1. The Morgan fingerprint density at radius 2 is 2.08 bits per heavy atom. The average Bonchev–Trinajstić information content (AvgIpc) is 3.02. The third-order valence-corrected chi connectivity index (χ3v) is 4.80. The van der Waals surface area contributed by atoms with E-state index in [1.54, 1.807) is 0 Å². The number of rotatable bonds is 6. The number of morpholine rings is 1. The molecule has 1 aliphatic heterocycles. The normalized spacial score (nSPS) is 18.5. The largest absolute Gasteiger partial charge is 0.379 e. The van der Waals surface area contributed by atoms with Crippen LogP contribution in [-0.4, -0.2) is 47.5 Å². The van der Waals surface area contributed by atoms with E-state index < -0.39 is 0 Å². The Morgan fingerprint density at radius 1 is 1.29 bits per heavy atom. The molecule has 0 amide bonds. The van der Waals surface area contributed by atoms with E-state index in [1.807, 2.05) is 30.1 Å². The van der Waals surface area contributed by atoms with Gasteiger partial charge in [-0.3, -0.25) is 9.58 Å². The van der Waals surface area contributed by atoms with Gasteiger partial charge in [0.2, 0.25) is 0 Å². The van der Waals surface area contributed by atoms with Crippen molar-refractivity contribution in [3.63, 3.8) is 0 Å². The number of ether oxygens (including phenoxy) is 1. The molecule has 1 aromatic carbocycles.